The Labute approximate surface area is 105 Å². The summed E-state index contributed by atoms with van der Waals surface area (Å²) in [5, 5.41) is 8.35. The van der Waals surface area contributed by atoms with Crippen molar-refractivity contribution < 1.29 is 4.39 Å². The van der Waals surface area contributed by atoms with Crippen LogP contribution in [-0.2, 0) is 6.42 Å². The summed E-state index contributed by atoms with van der Waals surface area (Å²) in [4.78, 5) is 0. The minimum Gasteiger partial charge on any atom is -0.330 e. The predicted molar refractivity (Wildman–Crippen MR) is 66.1 cm³/mol. The number of nitrogens with zero attached hydrogens (tertiary/aromatic N) is 3. The molecule has 1 aliphatic rings. The van der Waals surface area contributed by atoms with Crippen LogP contribution in [-0.4, -0.2) is 21.5 Å². The van der Waals surface area contributed by atoms with Crippen LogP contribution in [0.4, 0.5) is 4.39 Å². The van der Waals surface area contributed by atoms with E-state index in [0.717, 1.165) is 30.7 Å². The molecule has 1 unspecified atom stereocenters. The van der Waals surface area contributed by atoms with Gasteiger partial charge in [0.05, 0.1) is 17.1 Å². The largest absolute Gasteiger partial charge is 0.330 e. The standard InChI is InChI=1S/C13H15FN4/c14-10-4-2-5-11(7-10)18-13-9(8-15)3-1-6-12(13)16-17-18/h2,4-5,7,9H,1,3,6,8,15H2. The molecule has 1 heterocycles. The fourth-order valence-corrected chi connectivity index (χ4v) is 2.59. The van der Waals surface area contributed by atoms with Crippen molar-refractivity contribution >= 4 is 0 Å². The minimum atomic E-state index is -0.267. The Morgan fingerprint density at radius 3 is 3.11 bits per heavy atom. The quantitative estimate of drug-likeness (QED) is 0.878. The van der Waals surface area contributed by atoms with E-state index in [0.29, 0.717) is 12.2 Å². The zero-order chi connectivity index (χ0) is 12.5. The van der Waals surface area contributed by atoms with Crippen LogP contribution in [0.5, 0.6) is 0 Å². The molecule has 0 aliphatic heterocycles. The molecule has 1 aromatic carbocycles. The molecule has 5 heteroatoms. The second-order valence-electron chi connectivity index (χ2n) is 4.64. The molecule has 94 valence electrons. The first-order valence-corrected chi connectivity index (χ1v) is 6.20. The molecule has 18 heavy (non-hydrogen) atoms. The summed E-state index contributed by atoms with van der Waals surface area (Å²) in [5.74, 6) is 0.00359. The van der Waals surface area contributed by atoms with Crippen LogP contribution in [0.1, 0.15) is 30.1 Å². The summed E-state index contributed by atoms with van der Waals surface area (Å²) >= 11 is 0. The number of halogens is 1. The van der Waals surface area contributed by atoms with Crippen LogP contribution < -0.4 is 5.73 Å². The van der Waals surface area contributed by atoms with Gasteiger partial charge in [0.15, 0.2) is 0 Å². The fraction of sp³-hybridized carbons (Fsp3) is 0.385. The van der Waals surface area contributed by atoms with Crippen LogP contribution in [0.15, 0.2) is 24.3 Å². The van der Waals surface area contributed by atoms with Crippen LogP contribution in [0.3, 0.4) is 0 Å². The van der Waals surface area contributed by atoms with E-state index >= 15 is 0 Å². The number of rotatable bonds is 2. The van der Waals surface area contributed by atoms with Gasteiger partial charge in [-0.25, -0.2) is 9.07 Å². The van der Waals surface area contributed by atoms with E-state index < -0.39 is 0 Å². The smallest absolute Gasteiger partial charge is 0.125 e. The van der Waals surface area contributed by atoms with Crippen LogP contribution >= 0.6 is 0 Å². The Morgan fingerprint density at radius 2 is 2.33 bits per heavy atom. The molecule has 4 nitrogen and oxygen atoms in total. The third kappa shape index (κ3) is 1.80. The number of benzene rings is 1. The molecular formula is C13H15FN4. The summed E-state index contributed by atoms with van der Waals surface area (Å²) in [5.41, 5.74) is 8.57. The SMILES string of the molecule is NCC1CCCc2nnn(-c3cccc(F)c3)c21. The second kappa shape index (κ2) is 4.49. The number of fused-ring (bicyclic) bond motifs is 1. The fourth-order valence-electron chi connectivity index (χ4n) is 2.59. The van der Waals surface area contributed by atoms with Crippen molar-refractivity contribution in [2.75, 3.05) is 6.54 Å². The van der Waals surface area contributed by atoms with Gasteiger partial charge in [0.25, 0.3) is 0 Å². The van der Waals surface area contributed by atoms with Gasteiger partial charge < -0.3 is 5.73 Å². The zero-order valence-corrected chi connectivity index (χ0v) is 10.0. The summed E-state index contributed by atoms with van der Waals surface area (Å²) < 4.78 is 15.0. The zero-order valence-electron chi connectivity index (χ0n) is 10.0. The lowest BCUT2D eigenvalue weighted by Gasteiger charge is -2.21. The first kappa shape index (κ1) is 11.3. The van der Waals surface area contributed by atoms with E-state index in [1.54, 1.807) is 10.7 Å². The van der Waals surface area contributed by atoms with Crippen molar-refractivity contribution in [1.82, 2.24) is 15.0 Å². The Kier molecular flexibility index (Phi) is 2.83. The average molecular weight is 246 g/mol. The van der Waals surface area contributed by atoms with Gasteiger partial charge in [0.1, 0.15) is 5.82 Å². The number of nitrogens with two attached hydrogens (primary N) is 1. The van der Waals surface area contributed by atoms with Crippen molar-refractivity contribution in [3.05, 3.63) is 41.5 Å². The van der Waals surface area contributed by atoms with Gasteiger partial charge in [-0.3, -0.25) is 0 Å². The Hall–Kier alpha value is -1.75. The Morgan fingerprint density at radius 1 is 1.44 bits per heavy atom. The number of hydrogen-bond donors (Lipinski definition) is 1. The maximum Gasteiger partial charge on any atom is 0.125 e. The third-order valence-electron chi connectivity index (χ3n) is 3.47. The summed E-state index contributed by atoms with van der Waals surface area (Å²) in [6.07, 6.45) is 3.07. The molecule has 1 aromatic heterocycles. The lowest BCUT2D eigenvalue weighted by Crippen LogP contribution is -2.21. The summed E-state index contributed by atoms with van der Waals surface area (Å²) in [7, 11) is 0. The van der Waals surface area contributed by atoms with Crippen LogP contribution in [0.2, 0.25) is 0 Å². The van der Waals surface area contributed by atoms with Gasteiger partial charge in [0.2, 0.25) is 0 Å². The molecule has 0 spiro atoms. The summed E-state index contributed by atoms with van der Waals surface area (Å²) in [6.45, 7) is 0.579. The highest BCUT2D eigenvalue weighted by molar-refractivity contribution is 5.35. The molecule has 0 saturated heterocycles. The molecule has 0 fully saturated rings. The molecule has 0 amide bonds. The van der Waals surface area contributed by atoms with Crippen molar-refractivity contribution in [2.45, 2.75) is 25.2 Å². The van der Waals surface area contributed by atoms with Crippen molar-refractivity contribution in [3.63, 3.8) is 0 Å². The third-order valence-corrected chi connectivity index (χ3v) is 3.47. The minimum absolute atomic E-state index is 0.267. The van der Waals surface area contributed by atoms with E-state index in [1.165, 1.54) is 12.1 Å². The van der Waals surface area contributed by atoms with Gasteiger partial charge in [-0.2, -0.15) is 0 Å². The Balaban J connectivity index is 2.11. The molecule has 2 aromatic rings. The van der Waals surface area contributed by atoms with E-state index in [9.17, 15) is 4.39 Å². The topological polar surface area (TPSA) is 56.7 Å². The molecule has 2 N–H and O–H groups in total. The predicted octanol–water partition coefficient (Wildman–Crippen LogP) is 1.78. The van der Waals surface area contributed by atoms with E-state index in [-0.39, 0.29) is 11.7 Å². The Bertz CT molecular complexity index is 564. The van der Waals surface area contributed by atoms with Crippen molar-refractivity contribution in [2.24, 2.45) is 5.73 Å². The van der Waals surface area contributed by atoms with Crippen LogP contribution in [0, 0.1) is 5.82 Å². The maximum absolute atomic E-state index is 13.3. The monoisotopic (exact) mass is 246 g/mol. The van der Waals surface area contributed by atoms with Gasteiger partial charge in [-0.05, 0) is 37.5 Å². The van der Waals surface area contributed by atoms with Crippen molar-refractivity contribution in [3.8, 4) is 5.69 Å². The molecule has 3 rings (SSSR count). The van der Waals surface area contributed by atoms with Crippen LogP contribution in [0.25, 0.3) is 5.69 Å². The van der Waals surface area contributed by atoms with Gasteiger partial charge in [0, 0.05) is 12.5 Å². The molecule has 0 saturated carbocycles. The molecule has 0 radical (unpaired) electrons. The first-order chi connectivity index (χ1) is 8.79. The normalized spacial score (nSPS) is 18.7. The van der Waals surface area contributed by atoms with Gasteiger partial charge >= 0.3 is 0 Å². The highest BCUT2D eigenvalue weighted by atomic mass is 19.1. The lowest BCUT2D eigenvalue weighted by atomic mass is 9.89. The first-order valence-electron chi connectivity index (χ1n) is 6.20. The highest BCUT2D eigenvalue weighted by Gasteiger charge is 2.26. The van der Waals surface area contributed by atoms with Gasteiger partial charge in [-0.1, -0.05) is 11.3 Å². The molecule has 1 aliphatic carbocycles. The maximum atomic E-state index is 13.3. The number of aryl methyl sites for hydroxylation is 1. The van der Waals surface area contributed by atoms with Crippen molar-refractivity contribution in [1.29, 1.82) is 0 Å². The van der Waals surface area contributed by atoms with E-state index in [4.69, 9.17) is 5.73 Å². The highest BCUT2D eigenvalue weighted by Crippen LogP contribution is 2.30. The summed E-state index contributed by atoms with van der Waals surface area (Å²) in [6, 6.07) is 6.41. The van der Waals surface area contributed by atoms with Gasteiger partial charge in [-0.15, -0.1) is 5.10 Å². The molecule has 0 bridgehead atoms. The average Bonchev–Trinajstić information content (AvgIpc) is 2.82. The lowest BCUT2D eigenvalue weighted by molar-refractivity contribution is 0.532. The molecular weight excluding hydrogens is 231 g/mol. The second-order valence-corrected chi connectivity index (χ2v) is 4.64. The number of aromatic nitrogens is 3. The van der Waals surface area contributed by atoms with E-state index in [2.05, 4.69) is 10.3 Å². The van der Waals surface area contributed by atoms with E-state index in [1.807, 2.05) is 6.07 Å². The number of hydrogen-bond acceptors (Lipinski definition) is 3. The molecule has 1 atom stereocenters.